The van der Waals surface area contributed by atoms with Crippen molar-refractivity contribution in [3.05, 3.63) is 58.9 Å². The van der Waals surface area contributed by atoms with E-state index >= 15 is 0 Å². The molecule has 1 saturated carbocycles. The van der Waals surface area contributed by atoms with Crippen molar-refractivity contribution in [2.24, 2.45) is 0 Å². The van der Waals surface area contributed by atoms with E-state index < -0.39 is 0 Å². The van der Waals surface area contributed by atoms with Crippen LogP contribution in [0, 0.1) is 0 Å². The molecule has 1 aliphatic carbocycles. The second kappa shape index (κ2) is 7.56. The van der Waals surface area contributed by atoms with Gasteiger partial charge in [0.05, 0.1) is 29.0 Å². The summed E-state index contributed by atoms with van der Waals surface area (Å²) in [6.45, 7) is 0. The van der Waals surface area contributed by atoms with Gasteiger partial charge in [-0.15, -0.1) is 0 Å². The molecule has 1 atom stereocenters. The molecule has 2 aromatic carbocycles. The van der Waals surface area contributed by atoms with Gasteiger partial charge in [0.25, 0.3) is 5.56 Å². The van der Waals surface area contributed by atoms with E-state index in [2.05, 4.69) is 0 Å². The summed E-state index contributed by atoms with van der Waals surface area (Å²) in [5, 5.41) is 0.954. The second-order valence-electron chi connectivity index (χ2n) is 6.57. The van der Waals surface area contributed by atoms with Crippen LogP contribution in [0.3, 0.4) is 0 Å². The number of thioether (sulfide) groups is 1. The van der Waals surface area contributed by atoms with Crippen LogP contribution in [-0.2, 0) is 4.79 Å². The van der Waals surface area contributed by atoms with E-state index in [1.165, 1.54) is 11.8 Å². The fraction of sp³-hybridized carbons (Fsp3) is 0.286. The van der Waals surface area contributed by atoms with Crippen LogP contribution in [0.25, 0.3) is 16.6 Å². The molecule has 1 fully saturated rings. The number of ketones is 1. The van der Waals surface area contributed by atoms with Crippen LogP contribution >= 0.6 is 11.8 Å². The number of nitrogens with zero attached hydrogens (tertiary/aromatic N) is 2. The van der Waals surface area contributed by atoms with Crippen molar-refractivity contribution in [1.82, 2.24) is 9.55 Å². The molecule has 0 bridgehead atoms. The predicted molar refractivity (Wildman–Crippen MR) is 107 cm³/mol. The van der Waals surface area contributed by atoms with Crippen LogP contribution < -0.4 is 10.3 Å². The fourth-order valence-electron chi connectivity index (χ4n) is 3.37. The number of para-hydroxylation sites is 1. The molecule has 1 aliphatic rings. The Bertz CT molecular complexity index is 1060. The van der Waals surface area contributed by atoms with Gasteiger partial charge in [0.2, 0.25) is 0 Å². The van der Waals surface area contributed by atoms with Crippen LogP contribution in [0.4, 0.5) is 0 Å². The molecule has 3 aromatic rings. The van der Waals surface area contributed by atoms with Gasteiger partial charge in [0.1, 0.15) is 11.5 Å². The van der Waals surface area contributed by atoms with Gasteiger partial charge in [-0.3, -0.25) is 14.2 Å². The fourth-order valence-corrected chi connectivity index (χ4v) is 4.60. The average molecular weight is 380 g/mol. The lowest BCUT2D eigenvalue weighted by atomic mass is 9.99. The third-order valence-corrected chi connectivity index (χ3v) is 6.07. The molecule has 0 radical (unpaired) electrons. The number of methoxy groups -OCH3 is 1. The van der Waals surface area contributed by atoms with E-state index in [0.29, 0.717) is 33.9 Å². The van der Waals surface area contributed by atoms with Gasteiger partial charge >= 0.3 is 0 Å². The zero-order valence-electron chi connectivity index (χ0n) is 15.1. The summed E-state index contributed by atoms with van der Waals surface area (Å²) in [5.74, 6) is 0.906. The maximum Gasteiger partial charge on any atom is 0.266 e. The molecule has 4 rings (SSSR count). The quantitative estimate of drug-likeness (QED) is 0.640. The molecule has 0 aliphatic heterocycles. The first-order valence-corrected chi connectivity index (χ1v) is 9.91. The van der Waals surface area contributed by atoms with Gasteiger partial charge in [-0.2, -0.15) is 0 Å². The molecule has 0 amide bonds. The minimum Gasteiger partial charge on any atom is -0.497 e. The highest BCUT2D eigenvalue weighted by molar-refractivity contribution is 8.00. The van der Waals surface area contributed by atoms with Crippen LogP contribution in [0.1, 0.15) is 25.7 Å². The van der Waals surface area contributed by atoms with Gasteiger partial charge in [0.15, 0.2) is 5.16 Å². The molecular formula is C21H20N2O3S. The second-order valence-corrected chi connectivity index (χ2v) is 7.74. The Kier molecular flexibility index (Phi) is 4.99. The average Bonchev–Trinajstić information content (AvgIpc) is 2.70. The number of fused-ring (bicyclic) bond motifs is 1. The molecule has 0 N–H and O–H groups in total. The maximum atomic E-state index is 13.3. The number of Topliss-reactive ketones (excluding diaryl/α,β-unsaturated/α-hetero) is 1. The van der Waals surface area contributed by atoms with Gasteiger partial charge in [-0.25, -0.2) is 4.98 Å². The first-order valence-electron chi connectivity index (χ1n) is 9.03. The zero-order chi connectivity index (χ0) is 18.8. The highest BCUT2D eigenvalue weighted by Crippen LogP contribution is 2.32. The van der Waals surface area contributed by atoms with Gasteiger partial charge in [0, 0.05) is 12.5 Å². The molecule has 1 aromatic heterocycles. The lowest BCUT2D eigenvalue weighted by molar-refractivity contribution is -0.119. The molecule has 1 heterocycles. The molecule has 0 unspecified atom stereocenters. The highest BCUT2D eigenvalue weighted by Gasteiger charge is 2.26. The molecule has 0 saturated heterocycles. The van der Waals surface area contributed by atoms with Crippen LogP contribution in [-0.4, -0.2) is 27.7 Å². The summed E-state index contributed by atoms with van der Waals surface area (Å²) in [5.41, 5.74) is 1.19. The molecule has 138 valence electrons. The number of hydrogen-bond acceptors (Lipinski definition) is 5. The van der Waals surface area contributed by atoms with Crippen molar-refractivity contribution in [2.45, 2.75) is 36.1 Å². The van der Waals surface area contributed by atoms with Crippen molar-refractivity contribution in [3.8, 4) is 11.4 Å². The Balaban J connectivity index is 1.90. The van der Waals surface area contributed by atoms with Crippen LogP contribution in [0.15, 0.2) is 58.5 Å². The predicted octanol–water partition coefficient (Wildman–Crippen LogP) is 4.00. The van der Waals surface area contributed by atoms with Gasteiger partial charge in [-0.05, 0) is 37.1 Å². The summed E-state index contributed by atoms with van der Waals surface area (Å²) in [4.78, 5) is 30.3. The summed E-state index contributed by atoms with van der Waals surface area (Å²) in [6.07, 6.45) is 3.41. The van der Waals surface area contributed by atoms with Crippen molar-refractivity contribution in [2.75, 3.05) is 7.11 Å². The number of rotatable bonds is 4. The highest BCUT2D eigenvalue weighted by atomic mass is 32.2. The van der Waals surface area contributed by atoms with E-state index in [1.807, 2.05) is 42.5 Å². The molecule has 5 nitrogen and oxygen atoms in total. The third-order valence-electron chi connectivity index (χ3n) is 4.80. The monoisotopic (exact) mass is 380 g/mol. The largest absolute Gasteiger partial charge is 0.497 e. The Morgan fingerprint density at radius 1 is 1.11 bits per heavy atom. The van der Waals surface area contributed by atoms with E-state index in [-0.39, 0.29) is 16.6 Å². The topological polar surface area (TPSA) is 61.2 Å². The number of carbonyl (C=O) groups excluding carboxylic acids is 1. The van der Waals surface area contributed by atoms with E-state index in [9.17, 15) is 9.59 Å². The molecular weight excluding hydrogens is 360 g/mol. The van der Waals surface area contributed by atoms with Crippen LogP contribution in [0.5, 0.6) is 5.75 Å². The Hall–Kier alpha value is -2.60. The Labute approximate surface area is 161 Å². The normalized spacial score (nSPS) is 17.2. The Morgan fingerprint density at radius 2 is 1.96 bits per heavy atom. The van der Waals surface area contributed by atoms with E-state index in [0.717, 1.165) is 19.3 Å². The zero-order valence-corrected chi connectivity index (χ0v) is 15.9. The molecule has 0 spiro atoms. The van der Waals surface area contributed by atoms with Crippen molar-refractivity contribution in [3.63, 3.8) is 0 Å². The molecule has 6 heteroatoms. The minimum atomic E-state index is -0.149. The van der Waals surface area contributed by atoms with Crippen molar-refractivity contribution < 1.29 is 9.53 Å². The van der Waals surface area contributed by atoms with E-state index in [1.54, 1.807) is 17.7 Å². The maximum absolute atomic E-state index is 13.3. The summed E-state index contributed by atoms with van der Waals surface area (Å²) in [7, 11) is 1.59. The van der Waals surface area contributed by atoms with Crippen molar-refractivity contribution >= 4 is 28.4 Å². The van der Waals surface area contributed by atoms with E-state index in [4.69, 9.17) is 9.72 Å². The Morgan fingerprint density at radius 3 is 2.78 bits per heavy atom. The smallest absolute Gasteiger partial charge is 0.266 e. The van der Waals surface area contributed by atoms with Gasteiger partial charge in [-0.1, -0.05) is 36.4 Å². The number of benzene rings is 2. The van der Waals surface area contributed by atoms with Gasteiger partial charge < -0.3 is 4.74 Å². The lowest BCUT2D eigenvalue weighted by Gasteiger charge is -2.21. The summed E-state index contributed by atoms with van der Waals surface area (Å²) < 4.78 is 6.91. The number of ether oxygens (including phenoxy) is 1. The first-order chi connectivity index (χ1) is 13.2. The number of carbonyl (C=O) groups is 1. The molecule has 27 heavy (non-hydrogen) atoms. The standard InChI is InChI=1S/C21H20N2O3S/c1-26-15-8-6-7-14(13-15)23-20(25)16-9-2-3-10-17(16)22-21(23)27-19-12-5-4-11-18(19)24/h2-3,6-10,13,19H,4-5,11-12H2,1H3/t19-/m1/s1. The number of hydrogen-bond donors (Lipinski definition) is 0. The third kappa shape index (κ3) is 3.49. The van der Waals surface area contributed by atoms with Crippen molar-refractivity contribution in [1.29, 1.82) is 0 Å². The lowest BCUT2D eigenvalue weighted by Crippen LogP contribution is -2.26. The summed E-state index contributed by atoms with van der Waals surface area (Å²) >= 11 is 1.40. The summed E-state index contributed by atoms with van der Waals surface area (Å²) in [6, 6.07) is 14.7. The SMILES string of the molecule is COc1cccc(-n2c(S[C@@H]3CCCCC3=O)nc3ccccc3c2=O)c1. The minimum absolute atomic E-state index is 0.139. The first kappa shape index (κ1) is 17.8. The van der Waals surface area contributed by atoms with Crippen LogP contribution in [0.2, 0.25) is 0 Å². The number of aromatic nitrogens is 2.